The summed E-state index contributed by atoms with van der Waals surface area (Å²) in [7, 11) is 3.63. The molecule has 0 saturated carbocycles. The lowest BCUT2D eigenvalue weighted by Gasteiger charge is -2.10. The standard InChI is InChI=1S/C17H17FN2O2/c1-20(2)11-16(21)12-5-4-8-15(10-12)19-17(22)13-6-3-7-14(18)9-13/h3-10H,11H2,1-2H3,(H,19,22). The third-order valence-corrected chi connectivity index (χ3v) is 2.99. The maximum absolute atomic E-state index is 13.1. The molecular weight excluding hydrogens is 283 g/mol. The Hall–Kier alpha value is -2.53. The predicted octanol–water partition coefficient (Wildman–Crippen LogP) is 2.82. The van der Waals surface area contributed by atoms with Gasteiger partial charge in [-0.1, -0.05) is 18.2 Å². The lowest BCUT2D eigenvalue weighted by molar-refractivity contribution is 0.0956. The summed E-state index contributed by atoms with van der Waals surface area (Å²) in [6.07, 6.45) is 0. The highest BCUT2D eigenvalue weighted by Gasteiger charge is 2.10. The monoisotopic (exact) mass is 300 g/mol. The summed E-state index contributed by atoms with van der Waals surface area (Å²) in [5, 5.41) is 2.66. The van der Waals surface area contributed by atoms with Gasteiger partial charge in [0.1, 0.15) is 5.82 Å². The molecule has 0 bridgehead atoms. The number of benzene rings is 2. The number of Topliss-reactive ketones (excluding diaryl/α,β-unsaturated/α-hetero) is 1. The van der Waals surface area contributed by atoms with Crippen molar-refractivity contribution in [1.29, 1.82) is 0 Å². The summed E-state index contributed by atoms with van der Waals surface area (Å²) >= 11 is 0. The molecular formula is C17H17FN2O2. The van der Waals surface area contributed by atoms with Crippen molar-refractivity contribution in [1.82, 2.24) is 4.90 Å². The van der Waals surface area contributed by atoms with Crippen molar-refractivity contribution in [3.8, 4) is 0 Å². The van der Waals surface area contributed by atoms with Gasteiger partial charge >= 0.3 is 0 Å². The van der Waals surface area contributed by atoms with Crippen molar-refractivity contribution in [2.75, 3.05) is 26.0 Å². The van der Waals surface area contributed by atoms with E-state index in [0.29, 0.717) is 17.8 Å². The number of carbonyl (C=O) groups is 2. The third kappa shape index (κ3) is 4.23. The lowest BCUT2D eigenvalue weighted by atomic mass is 10.1. The molecule has 0 saturated heterocycles. The van der Waals surface area contributed by atoms with Gasteiger partial charge < -0.3 is 10.2 Å². The fourth-order valence-corrected chi connectivity index (χ4v) is 1.98. The number of nitrogens with one attached hydrogen (secondary N) is 1. The highest BCUT2D eigenvalue weighted by Crippen LogP contribution is 2.13. The van der Waals surface area contributed by atoms with Crippen LogP contribution in [-0.2, 0) is 0 Å². The largest absolute Gasteiger partial charge is 0.322 e. The summed E-state index contributed by atoms with van der Waals surface area (Å²) in [6, 6.07) is 12.1. The number of nitrogens with zero attached hydrogens (tertiary/aromatic N) is 1. The highest BCUT2D eigenvalue weighted by molar-refractivity contribution is 6.05. The minimum absolute atomic E-state index is 0.0353. The summed E-state index contributed by atoms with van der Waals surface area (Å²) in [4.78, 5) is 25.8. The van der Waals surface area contributed by atoms with Crippen molar-refractivity contribution in [3.63, 3.8) is 0 Å². The molecule has 5 heteroatoms. The second-order valence-corrected chi connectivity index (χ2v) is 5.21. The first-order valence-corrected chi connectivity index (χ1v) is 6.80. The third-order valence-electron chi connectivity index (χ3n) is 2.99. The summed E-state index contributed by atoms with van der Waals surface area (Å²) in [5.41, 5.74) is 1.25. The van der Waals surface area contributed by atoms with Crippen LogP contribution in [0, 0.1) is 5.82 Å². The first-order chi connectivity index (χ1) is 10.5. The van der Waals surface area contributed by atoms with Crippen molar-refractivity contribution in [2.24, 2.45) is 0 Å². The Balaban J connectivity index is 2.13. The molecule has 0 spiro atoms. The molecule has 4 nitrogen and oxygen atoms in total. The van der Waals surface area contributed by atoms with Crippen molar-refractivity contribution >= 4 is 17.4 Å². The van der Waals surface area contributed by atoms with E-state index in [-0.39, 0.29) is 11.3 Å². The molecule has 1 N–H and O–H groups in total. The normalized spacial score (nSPS) is 10.5. The second-order valence-electron chi connectivity index (χ2n) is 5.21. The van der Waals surface area contributed by atoms with Gasteiger partial charge in [-0.15, -0.1) is 0 Å². The van der Waals surface area contributed by atoms with E-state index in [4.69, 9.17) is 0 Å². The van der Waals surface area contributed by atoms with Gasteiger partial charge in [-0.05, 0) is 44.4 Å². The summed E-state index contributed by atoms with van der Waals surface area (Å²) in [6.45, 7) is 0.293. The van der Waals surface area contributed by atoms with Crippen LogP contribution < -0.4 is 5.32 Å². The molecule has 0 fully saturated rings. The molecule has 2 aromatic carbocycles. The van der Waals surface area contributed by atoms with Crippen LogP contribution in [-0.4, -0.2) is 37.2 Å². The molecule has 0 aromatic heterocycles. The van der Waals surface area contributed by atoms with E-state index in [9.17, 15) is 14.0 Å². The van der Waals surface area contributed by atoms with Gasteiger partial charge in [0.2, 0.25) is 0 Å². The molecule has 0 aliphatic heterocycles. The Bertz CT molecular complexity index is 699. The number of hydrogen-bond donors (Lipinski definition) is 1. The van der Waals surface area contributed by atoms with Crippen LogP contribution in [0.15, 0.2) is 48.5 Å². The Kier molecular flexibility index (Phi) is 5.01. The van der Waals surface area contributed by atoms with E-state index in [1.54, 1.807) is 29.2 Å². The molecule has 0 unspecified atom stereocenters. The van der Waals surface area contributed by atoms with Crippen LogP contribution in [0.2, 0.25) is 0 Å². The van der Waals surface area contributed by atoms with Crippen LogP contribution >= 0.6 is 0 Å². The lowest BCUT2D eigenvalue weighted by Crippen LogP contribution is -2.21. The number of rotatable bonds is 5. The Labute approximate surface area is 128 Å². The quantitative estimate of drug-likeness (QED) is 0.864. The smallest absolute Gasteiger partial charge is 0.255 e. The van der Waals surface area contributed by atoms with Crippen LogP contribution in [0.25, 0.3) is 0 Å². The van der Waals surface area contributed by atoms with Crippen molar-refractivity contribution in [2.45, 2.75) is 0 Å². The SMILES string of the molecule is CN(C)CC(=O)c1cccc(NC(=O)c2cccc(F)c2)c1. The van der Waals surface area contributed by atoms with E-state index >= 15 is 0 Å². The minimum Gasteiger partial charge on any atom is -0.322 e. The zero-order valence-electron chi connectivity index (χ0n) is 12.5. The topological polar surface area (TPSA) is 49.4 Å². The molecule has 0 aliphatic carbocycles. The molecule has 0 heterocycles. The van der Waals surface area contributed by atoms with Crippen LogP contribution in [0.1, 0.15) is 20.7 Å². The average molecular weight is 300 g/mol. The Morgan fingerprint density at radius 1 is 1.05 bits per heavy atom. The number of likely N-dealkylation sites (N-methyl/N-ethyl adjacent to an activating group) is 1. The van der Waals surface area contributed by atoms with Gasteiger partial charge in [-0.3, -0.25) is 9.59 Å². The number of hydrogen-bond acceptors (Lipinski definition) is 3. The van der Waals surface area contributed by atoms with Gasteiger partial charge in [-0.25, -0.2) is 4.39 Å². The molecule has 114 valence electrons. The van der Waals surface area contributed by atoms with E-state index < -0.39 is 11.7 Å². The highest BCUT2D eigenvalue weighted by atomic mass is 19.1. The van der Waals surface area contributed by atoms with Gasteiger partial charge in [0.15, 0.2) is 5.78 Å². The van der Waals surface area contributed by atoms with Crippen LogP contribution in [0.3, 0.4) is 0 Å². The van der Waals surface area contributed by atoms with Gasteiger partial charge in [-0.2, -0.15) is 0 Å². The molecule has 0 aliphatic rings. The fourth-order valence-electron chi connectivity index (χ4n) is 1.98. The predicted molar refractivity (Wildman–Crippen MR) is 83.7 cm³/mol. The maximum Gasteiger partial charge on any atom is 0.255 e. The van der Waals surface area contributed by atoms with E-state index in [2.05, 4.69) is 5.32 Å². The average Bonchev–Trinajstić information content (AvgIpc) is 2.47. The zero-order valence-corrected chi connectivity index (χ0v) is 12.5. The van der Waals surface area contributed by atoms with E-state index in [0.717, 1.165) is 6.07 Å². The molecule has 22 heavy (non-hydrogen) atoms. The van der Waals surface area contributed by atoms with Gasteiger partial charge in [0, 0.05) is 16.8 Å². The first kappa shape index (κ1) is 15.9. The molecule has 2 rings (SSSR count). The summed E-state index contributed by atoms with van der Waals surface area (Å²) in [5.74, 6) is -0.925. The number of halogens is 1. The molecule has 0 radical (unpaired) electrons. The van der Waals surface area contributed by atoms with E-state index in [1.807, 2.05) is 14.1 Å². The van der Waals surface area contributed by atoms with Gasteiger partial charge in [0.25, 0.3) is 5.91 Å². The van der Waals surface area contributed by atoms with Crippen molar-refractivity contribution in [3.05, 3.63) is 65.5 Å². The van der Waals surface area contributed by atoms with E-state index in [1.165, 1.54) is 18.2 Å². The minimum atomic E-state index is -0.470. The fraction of sp³-hybridized carbons (Fsp3) is 0.176. The summed E-state index contributed by atoms with van der Waals surface area (Å²) < 4.78 is 13.1. The Morgan fingerprint density at radius 2 is 1.73 bits per heavy atom. The van der Waals surface area contributed by atoms with Crippen LogP contribution in [0.5, 0.6) is 0 Å². The number of carbonyl (C=O) groups excluding carboxylic acids is 2. The number of amides is 1. The van der Waals surface area contributed by atoms with Gasteiger partial charge in [0.05, 0.1) is 6.54 Å². The number of anilines is 1. The molecule has 2 aromatic rings. The Morgan fingerprint density at radius 3 is 2.41 bits per heavy atom. The van der Waals surface area contributed by atoms with Crippen molar-refractivity contribution < 1.29 is 14.0 Å². The maximum atomic E-state index is 13.1. The zero-order chi connectivity index (χ0) is 16.1. The molecule has 1 amide bonds. The number of ketones is 1. The second kappa shape index (κ2) is 6.95. The molecule has 0 atom stereocenters. The van der Waals surface area contributed by atoms with Crippen LogP contribution in [0.4, 0.5) is 10.1 Å². The first-order valence-electron chi connectivity index (χ1n) is 6.80.